The molecule has 1 aromatic carbocycles. The number of halogens is 1. The summed E-state index contributed by atoms with van der Waals surface area (Å²) in [5, 5.41) is 5.48. The van der Waals surface area contributed by atoms with E-state index in [1.807, 2.05) is 0 Å². The van der Waals surface area contributed by atoms with E-state index in [9.17, 15) is 0 Å². The average Bonchev–Trinajstić information content (AvgIpc) is 2.92. The highest BCUT2D eigenvalue weighted by molar-refractivity contribution is 9.11. The van der Waals surface area contributed by atoms with Crippen LogP contribution in [0.4, 0.5) is 5.69 Å². The first-order valence-electron chi connectivity index (χ1n) is 6.73. The molecule has 2 heterocycles. The van der Waals surface area contributed by atoms with Gasteiger partial charge in [-0.05, 0) is 51.6 Å². The highest BCUT2D eigenvalue weighted by Gasteiger charge is 2.10. The fourth-order valence-electron chi connectivity index (χ4n) is 2.26. The minimum Gasteiger partial charge on any atom is -0.489 e. The van der Waals surface area contributed by atoms with Crippen LogP contribution in [0.25, 0.3) is 0 Å². The van der Waals surface area contributed by atoms with Gasteiger partial charge in [-0.2, -0.15) is 0 Å². The van der Waals surface area contributed by atoms with E-state index in [0.717, 1.165) is 35.7 Å². The third-order valence-electron chi connectivity index (χ3n) is 3.35. The molecule has 1 saturated heterocycles. The Kier molecular flexibility index (Phi) is 4.60. The minimum absolute atomic E-state index is 0.620. The summed E-state index contributed by atoms with van der Waals surface area (Å²) in [5.74, 6) is 0.922. The summed E-state index contributed by atoms with van der Waals surface area (Å²) >= 11 is 5.15. The zero-order valence-electron chi connectivity index (χ0n) is 11.1. The van der Waals surface area contributed by atoms with Crippen molar-refractivity contribution in [3.05, 3.63) is 45.1 Å². The molecule has 1 N–H and O–H groups in total. The summed E-state index contributed by atoms with van der Waals surface area (Å²) in [6, 6.07) is 10.5. The standard InChI is InChI=1S/C15H17BrN2OS/c16-15-9-12(11-20-15)10-19-14-3-1-13(2-4-14)18-7-5-17-6-8-18/h1-4,9,11,17H,5-8,10H2. The first kappa shape index (κ1) is 13.9. The van der Waals surface area contributed by atoms with E-state index in [2.05, 4.69) is 61.9 Å². The molecule has 3 rings (SSSR count). The van der Waals surface area contributed by atoms with E-state index in [1.165, 1.54) is 11.3 Å². The SMILES string of the molecule is Brc1cc(COc2ccc(N3CCNCC3)cc2)cs1. The Morgan fingerprint density at radius 2 is 1.95 bits per heavy atom. The Morgan fingerprint density at radius 3 is 2.60 bits per heavy atom. The fraction of sp³-hybridized carbons (Fsp3) is 0.333. The topological polar surface area (TPSA) is 24.5 Å². The van der Waals surface area contributed by atoms with E-state index >= 15 is 0 Å². The van der Waals surface area contributed by atoms with E-state index in [4.69, 9.17) is 4.74 Å². The van der Waals surface area contributed by atoms with Crippen LogP contribution in [0.5, 0.6) is 5.75 Å². The highest BCUT2D eigenvalue weighted by atomic mass is 79.9. The summed E-state index contributed by atoms with van der Waals surface area (Å²) in [4.78, 5) is 2.40. The first-order valence-corrected chi connectivity index (χ1v) is 8.40. The van der Waals surface area contributed by atoms with Crippen molar-refractivity contribution in [2.45, 2.75) is 6.61 Å². The normalized spacial score (nSPS) is 15.3. The Balaban J connectivity index is 1.58. The molecular formula is C15H17BrN2OS. The molecule has 0 saturated carbocycles. The second kappa shape index (κ2) is 6.61. The maximum Gasteiger partial charge on any atom is 0.119 e. The number of anilines is 1. The second-order valence-electron chi connectivity index (χ2n) is 4.78. The number of hydrogen-bond acceptors (Lipinski definition) is 4. The monoisotopic (exact) mass is 352 g/mol. The molecule has 0 amide bonds. The number of ether oxygens (including phenoxy) is 1. The second-order valence-corrected chi connectivity index (χ2v) is 7.07. The van der Waals surface area contributed by atoms with Crippen LogP contribution in [0, 0.1) is 0 Å². The van der Waals surface area contributed by atoms with Crippen molar-refractivity contribution in [1.82, 2.24) is 5.32 Å². The number of thiophene rings is 1. The van der Waals surface area contributed by atoms with Crippen molar-refractivity contribution in [3.8, 4) is 5.75 Å². The molecule has 1 aromatic heterocycles. The van der Waals surface area contributed by atoms with Gasteiger partial charge in [0.15, 0.2) is 0 Å². The molecule has 0 bridgehead atoms. The molecular weight excluding hydrogens is 336 g/mol. The van der Waals surface area contributed by atoms with Gasteiger partial charge in [0.2, 0.25) is 0 Å². The molecule has 2 aromatic rings. The van der Waals surface area contributed by atoms with Gasteiger partial charge in [-0.3, -0.25) is 0 Å². The molecule has 0 spiro atoms. The zero-order valence-corrected chi connectivity index (χ0v) is 13.5. The number of nitrogens with zero attached hydrogens (tertiary/aromatic N) is 1. The number of nitrogens with one attached hydrogen (secondary N) is 1. The van der Waals surface area contributed by atoms with E-state index < -0.39 is 0 Å². The predicted molar refractivity (Wildman–Crippen MR) is 87.9 cm³/mol. The van der Waals surface area contributed by atoms with Crippen molar-refractivity contribution < 1.29 is 4.74 Å². The molecule has 3 nitrogen and oxygen atoms in total. The highest BCUT2D eigenvalue weighted by Crippen LogP contribution is 2.23. The Morgan fingerprint density at radius 1 is 1.20 bits per heavy atom. The molecule has 1 fully saturated rings. The summed E-state index contributed by atoms with van der Waals surface area (Å²) in [6.45, 7) is 4.89. The van der Waals surface area contributed by atoms with E-state index in [0.29, 0.717) is 6.61 Å². The molecule has 20 heavy (non-hydrogen) atoms. The number of rotatable bonds is 4. The third-order valence-corrected chi connectivity index (χ3v) is 4.90. The summed E-state index contributed by atoms with van der Waals surface area (Å²) in [6.07, 6.45) is 0. The predicted octanol–water partition coefficient (Wildman–Crippen LogP) is 3.50. The molecule has 106 valence electrons. The van der Waals surface area contributed by atoms with Gasteiger partial charge in [0, 0.05) is 37.4 Å². The Hall–Kier alpha value is -1.04. The number of benzene rings is 1. The Bertz CT molecular complexity index is 549. The number of piperazine rings is 1. The van der Waals surface area contributed by atoms with Gasteiger partial charge < -0.3 is 15.0 Å². The van der Waals surface area contributed by atoms with Crippen LogP contribution in [0.2, 0.25) is 0 Å². The maximum absolute atomic E-state index is 5.80. The molecule has 0 radical (unpaired) electrons. The lowest BCUT2D eigenvalue weighted by Gasteiger charge is -2.29. The zero-order chi connectivity index (χ0) is 13.8. The van der Waals surface area contributed by atoms with Crippen LogP contribution in [0.1, 0.15) is 5.56 Å². The van der Waals surface area contributed by atoms with Crippen LogP contribution >= 0.6 is 27.3 Å². The van der Waals surface area contributed by atoms with Crippen LogP contribution in [0.3, 0.4) is 0 Å². The lowest BCUT2D eigenvalue weighted by atomic mass is 10.2. The largest absolute Gasteiger partial charge is 0.489 e. The lowest BCUT2D eigenvalue weighted by Crippen LogP contribution is -2.43. The third kappa shape index (κ3) is 3.53. The average molecular weight is 353 g/mol. The molecule has 0 unspecified atom stereocenters. The summed E-state index contributed by atoms with van der Waals surface area (Å²) < 4.78 is 6.95. The van der Waals surface area contributed by atoms with E-state index in [-0.39, 0.29) is 0 Å². The molecule has 1 aliphatic heterocycles. The summed E-state index contributed by atoms with van der Waals surface area (Å²) in [5.41, 5.74) is 2.48. The summed E-state index contributed by atoms with van der Waals surface area (Å²) in [7, 11) is 0. The van der Waals surface area contributed by atoms with Gasteiger partial charge in [0.25, 0.3) is 0 Å². The van der Waals surface area contributed by atoms with Crippen LogP contribution in [-0.4, -0.2) is 26.2 Å². The van der Waals surface area contributed by atoms with Gasteiger partial charge in [0.05, 0.1) is 3.79 Å². The van der Waals surface area contributed by atoms with Crippen molar-refractivity contribution in [2.24, 2.45) is 0 Å². The van der Waals surface area contributed by atoms with Crippen molar-refractivity contribution in [3.63, 3.8) is 0 Å². The van der Waals surface area contributed by atoms with Crippen molar-refractivity contribution in [2.75, 3.05) is 31.1 Å². The Labute approximate surface area is 131 Å². The van der Waals surface area contributed by atoms with Gasteiger partial charge in [0.1, 0.15) is 12.4 Å². The van der Waals surface area contributed by atoms with Crippen LogP contribution in [0.15, 0.2) is 39.5 Å². The van der Waals surface area contributed by atoms with Gasteiger partial charge in [-0.25, -0.2) is 0 Å². The number of hydrogen-bond donors (Lipinski definition) is 1. The minimum atomic E-state index is 0.620. The van der Waals surface area contributed by atoms with Crippen LogP contribution in [-0.2, 0) is 6.61 Å². The van der Waals surface area contributed by atoms with Gasteiger partial charge in [-0.15, -0.1) is 11.3 Å². The quantitative estimate of drug-likeness (QED) is 0.911. The van der Waals surface area contributed by atoms with Crippen molar-refractivity contribution in [1.29, 1.82) is 0 Å². The first-order chi connectivity index (χ1) is 9.81. The molecule has 5 heteroatoms. The molecule has 1 aliphatic rings. The molecule has 0 atom stereocenters. The maximum atomic E-state index is 5.80. The van der Waals surface area contributed by atoms with Gasteiger partial charge >= 0.3 is 0 Å². The van der Waals surface area contributed by atoms with Crippen molar-refractivity contribution >= 4 is 33.0 Å². The lowest BCUT2D eigenvalue weighted by molar-refractivity contribution is 0.306. The van der Waals surface area contributed by atoms with E-state index in [1.54, 1.807) is 11.3 Å². The fourth-order valence-corrected chi connectivity index (χ4v) is 3.46. The van der Waals surface area contributed by atoms with Crippen LogP contribution < -0.4 is 15.0 Å². The smallest absolute Gasteiger partial charge is 0.119 e. The molecule has 0 aliphatic carbocycles. The van der Waals surface area contributed by atoms with Gasteiger partial charge in [-0.1, -0.05) is 0 Å².